The number of carbonyl (C=O) groups excluding carboxylic acids is 1. The fourth-order valence-electron chi connectivity index (χ4n) is 1.70. The molecular weight excluding hydrogens is 247 g/mol. The van der Waals surface area contributed by atoms with E-state index in [0.717, 1.165) is 0 Å². The molecule has 98 valence electrons. The molecule has 1 N–H and O–H groups in total. The lowest BCUT2D eigenvalue weighted by atomic mass is 10.1. The van der Waals surface area contributed by atoms with Gasteiger partial charge in [-0.25, -0.2) is 4.39 Å². The zero-order chi connectivity index (χ0) is 13.7. The van der Waals surface area contributed by atoms with Crippen molar-refractivity contribution < 1.29 is 19.0 Å². The molecule has 0 aliphatic carbocycles. The first-order valence-electron chi connectivity index (χ1n) is 5.82. The predicted molar refractivity (Wildman–Crippen MR) is 68.7 cm³/mol. The van der Waals surface area contributed by atoms with E-state index in [9.17, 15) is 14.3 Å². The maximum absolute atomic E-state index is 13.5. The minimum Gasteiger partial charge on any atom is -0.487 e. The maximum atomic E-state index is 13.5. The van der Waals surface area contributed by atoms with Crippen LogP contribution in [0.2, 0.25) is 0 Å². The topological polar surface area (TPSA) is 46.5 Å². The van der Waals surface area contributed by atoms with E-state index < -0.39 is 11.9 Å². The normalized spacial score (nSPS) is 11.9. The standard InChI is InChI=1S/C15H13FO3/c16-13-8-4-7-12(9-17)15(13)19-10-14(18)11-5-2-1-3-6-11/h1-9,14,18H,10H2. The number of benzene rings is 2. The Bertz CT molecular complexity index is 555. The van der Waals surface area contributed by atoms with Crippen LogP contribution < -0.4 is 4.74 Å². The van der Waals surface area contributed by atoms with Gasteiger partial charge in [-0.05, 0) is 17.7 Å². The van der Waals surface area contributed by atoms with Gasteiger partial charge in [-0.15, -0.1) is 0 Å². The summed E-state index contributed by atoms with van der Waals surface area (Å²) in [7, 11) is 0. The molecule has 2 aromatic carbocycles. The van der Waals surface area contributed by atoms with E-state index >= 15 is 0 Å². The van der Waals surface area contributed by atoms with Crippen LogP contribution in [0.5, 0.6) is 5.75 Å². The van der Waals surface area contributed by atoms with Crippen molar-refractivity contribution in [2.75, 3.05) is 6.61 Å². The van der Waals surface area contributed by atoms with Gasteiger partial charge in [0.15, 0.2) is 17.9 Å². The molecule has 0 saturated carbocycles. The summed E-state index contributed by atoms with van der Waals surface area (Å²) < 4.78 is 18.7. The second kappa shape index (κ2) is 6.11. The summed E-state index contributed by atoms with van der Waals surface area (Å²) in [5.74, 6) is -0.752. The molecule has 0 bridgehead atoms. The number of carbonyl (C=O) groups is 1. The molecule has 2 rings (SSSR count). The largest absolute Gasteiger partial charge is 0.487 e. The van der Waals surface area contributed by atoms with Crippen molar-refractivity contribution in [1.29, 1.82) is 0 Å². The maximum Gasteiger partial charge on any atom is 0.165 e. The molecular formula is C15H13FO3. The fraction of sp³-hybridized carbons (Fsp3) is 0.133. The van der Waals surface area contributed by atoms with Crippen LogP contribution in [0.25, 0.3) is 0 Å². The number of aliphatic hydroxyl groups is 1. The van der Waals surface area contributed by atoms with Crippen molar-refractivity contribution in [2.45, 2.75) is 6.10 Å². The van der Waals surface area contributed by atoms with Gasteiger partial charge in [0.2, 0.25) is 0 Å². The molecule has 3 nitrogen and oxygen atoms in total. The molecule has 0 spiro atoms. The molecule has 0 aliphatic heterocycles. The molecule has 0 heterocycles. The number of aliphatic hydroxyl groups excluding tert-OH is 1. The monoisotopic (exact) mass is 260 g/mol. The Kier molecular flexibility index (Phi) is 4.26. The second-order valence-corrected chi connectivity index (χ2v) is 4.01. The Morgan fingerprint density at radius 3 is 2.58 bits per heavy atom. The summed E-state index contributed by atoms with van der Waals surface area (Å²) in [6.07, 6.45) is -0.354. The summed E-state index contributed by atoms with van der Waals surface area (Å²) >= 11 is 0. The van der Waals surface area contributed by atoms with E-state index in [1.54, 1.807) is 24.3 Å². The Morgan fingerprint density at radius 1 is 1.16 bits per heavy atom. The number of para-hydroxylation sites is 1. The average molecular weight is 260 g/mol. The second-order valence-electron chi connectivity index (χ2n) is 4.01. The summed E-state index contributed by atoms with van der Waals surface area (Å²) in [5, 5.41) is 9.90. The lowest BCUT2D eigenvalue weighted by Crippen LogP contribution is -2.11. The molecule has 4 heteroatoms. The van der Waals surface area contributed by atoms with E-state index in [4.69, 9.17) is 4.74 Å². The first kappa shape index (κ1) is 13.2. The molecule has 0 aliphatic rings. The number of hydrogen-bond acceptors (Lipinski definition) is 3. The van der Waals surface area contributed by atoms with Crippen LogP contribution in [0, 0.1) is 5.82 Å². The van der Waals surface area contributed by atoms with Crippen molar-refractivity contribution in [3.8, 4) is 5.75 Å². The Labute approximate surface area is 110 Å². The van der Waals surface area contributed by atoms with Crippen LogP contribution in [-0.2, 0) is 0 Å². The zero-order valence-corrected chi connectivity index (χ0v) is 10.1. The number of rotatable bonds is 5. The molecule has 19 heavy (non-hydrogen) atoms. The van der Waals surface area contributed by atoms with E-state index in [1.807, 2.05) is 6.07 Å². The van der Waals surface area contributed by atoms with Crippen molar-refractivity contribution >= 4 is 6.29 Å². The van der Waals surface area contributed by atoms with E-state index in [-0.39, 0.29) is 17.9 Å². The summed E-state index contributed by atoms with van der Waals surface area (Å²) in [5.41, 5.74) is 0.798. The van der Waals surface area contributed by atoms with Crippen LogP contribution in [0.4, 0.5) is 4.39 Å². The number of ether oxygens (including phenoxy) is 1. The SMILES string of the molecule is O=Cc1cccc(F)c1OCC(O)c1ccccc1. The number of halogens is 1. The summed E-state index contributed by atoms with van der Waals surface area (Å²) in [4.78, 5) is 10.8. The van der Waals surface area contributed by atoms with Crippen LogP contribution in [0.15, 0.2) is 48.5 Å². The van der Waals surface area contributed by atoms with Gasteiger partial charge in [-0.2, -0.15) is 0 Å². The highest BCUT2D eigenvalue weighted by molar-refractivity contribution is 5.79. The molecule has 0 fully saturated rings. The Balaban J connectivity index is 2.09. The zero-order valence-electron chi connectivity index (χ0n) is 10.1. The molecule has 0 aromatic heterocycles. The molecule has 0 saturated heterocycles. The summed E-state index contributed by atoms with van der Waals surface area (Å²) in [6, 6.07) is 13.0. The van der Waals surface area contributed by atoms with Crippen LogP contribution in [0.1, 0.15) is 22.0 Å². The van der Waals surface area contributed by atoms with E-state index in [2.05, 4.69) is 0 Å². The highest BCUT2D eigenvalue weighted by atomic mass is 19.1. The minimum atomic E-state index is -0.875. The van der Waals surface area contributed by atoms with Crippen molar-refractivity contribution in [2.24, 2.45) is 0 Å². The van der Waals surface area contributed by atoms with Crippen LogP contribution >= 0.6 is 0 Å². The average Bonchev–Trinajstić information content (AvgIpc) is 2.46. The van der Waals surface area contributed by atoms with Crippen molar-refractivity contribution in [3.63, 3.8) is 0 Å². The van der Waals surface area contributed by atoms with E-state index in [0.29, 0.717) is 11.8 Å². The van der Waals surface area contributed by atoms with Gasteiger partial charge in [-0.3, -0.25) is 4.79 Å². The lowest BCUT2D eigenvalue weighted by molar-refractivity contribution is 0.102. The minimum absolute atomic E-state index is 0.119. The Hall–Kier alpha value is -2.20. The third-order valence-corrected chi connectivity index (χ3v) is 2.69. The third-order valence-electron chi connectivity index (χ3n) is 2.69. The van der Waals surface area contributed by atoms with Gasteiger partial charge in [-0.1, -0.05) is 36.4 Å². The van der Waals surface area contributed by atoms with E-state index in [1.165, 1.54) is 18.2 Å². The van der Waals surface area contributed by atoms with Gasteiger partial charge in [0.1, 0.15) is 12.7 Å². The first-order chi connectivity index (χ1) is 9.22. The molecule has 0 amide bonds. The predicted octanol–water partition coefficient (Wildman–Crippen LogP) is 2.75. The smallest absolute Gasteiger partial charge is 0.165 e. The van der Waals surface area contributed by atoms with Crippen LogP contribution in [-0.4, -0.2) is 18.0 Å². The number of aldehydes is 1. The molecule has 2 aromatic rings. The van der Waals surface area contributed by atoms with Crippen molar-refractivity contribution in [3.05, 3.63) is 65.5 Å². The summed E-state index contributed by atoms with van der Waals surface area (Å²) in [6.45, 7) is -0.119. The Morgan fingerprint density at radius 2 is 1.89 bits per heavy atom. The highest BCUT2D eigenvalue weighted by Gasteiger charge is 2.13. The van der Waals surface area contributed by atoms with Gasteiger partial charge >= 0.3 is 0 Å². The lowest BCUT2D eigenvalue weighted by Gasteiger charge is -2.14. The highest BCUT2D eigenvalue weighted by Crippen LogP contribution is 2.23. The third kappa shape index (κ3) is 3.17. The molecule has 1 atom stereocenters. The molecule has 1 unspecified atom stereocenters. The van der Waals surface area contributed by atoms with Gasteiger partial charge < -0.3 is 9.84 Å². The quantitative estimate of drug-likeness (QED) is 0.841. The van der Waals surface area contributed by atoms with Crippen LogP contribution in [0.3, 0.4) is 0 Å². The van der Waals surface area contributed by atoms with Gasteiger partial charge in [0, 0.05) is 0 Å². The number of hydrogen-bond donors (Lipinski definition) is 1. The fourth-order valence-corrected chi connectivity index (χ4v) is 1.70. The van der Waals surface area contributed by atoms with Crippen molar-refractivity contribution in [1.82, 2.24) is 0 Å². The first-order valence-corrected chi connectivity index (χ1v) is 5.82. The van der Waals surface area contributed by atoms with Gasteiger partial charge in [0.05, 0.1) is 5.56 Å². The molecule has 0 radical (unpaired) electrons. The van der Waals surface area contributed by atoms with Gasteiger partial charge in [0.25, 0.3) is 0 Å².